The van der Waals surface area contributed by atoms with E-state index in [0.717, 1.165) is 28.1 Å². The Hall–Kier alpha value is -3.61. The summed E-state index contributed by atoms with van der Waals surface area (Å²) in [6.07, 6.45) is 0.121. The molecule has 0 aliphatic rings. The molecule has 1 heterocycles. The van der Waals surface area contributed by atoms with Gasteiger partial charge in [-0.05, 0) is 50.1 Å². The fraction of sp³-hybridized carbons (Fsp3) is 0.300. The second-order valence-corrected chi connectivity index (χ2v) is 9.27. The molecular formula is C30H35N3O3. The SMILES string of the molecule is COc1ccc(Oc2c(CN(C[C@@H](O)Cc3ccccc3)C(C)C)c(-c3ccccc3)nn2C)cc1. The second-order valence-electron chi connectivity index (χ2n) is 9.27. The zero-order valence-corrected chi connectivity index (χ0v) is 21.5. The summed E-state index contributed by atoms with van der Waals surface area (Å²) < 4.78 is 13.5. The number of nitrogens with zero attached hydrogens (tertiary/aromatic N) is 3. The van der Waals surface area contributed by atoms with E-state index in [4.69, 9.17) is 14.6 Å². The van der Waals surface area contributed by atoms with Gasteiger partial charge in [-0.1, -0.05) is 60.7 Å². The Morgan fingerprint density at radius 1 is 0.889 bits per heavy atom. The van der Waals surface area contributed by atoms with E-state index < -0.39 is 6.10 Å². The molecule has 0 radical (unpaired) electrons. The molecule has 0 aliphatic carbocycles. The molecule has 0 unspecified atom stereocenters. The lowest BCUT2D eigenvalue weighted by Crippen LogP contribution is -2.38. The molecule has 188 valence electrons. The zero-order chi connectivity index (χ0) is 25.5. The summed E-state index contributed by atoms with van der Waals surface area (Å²) in [5, 5.41) is 15.8. The van der Waals surface area contributed by atoms with E-state index in [0.29, 0.717) is 31.1 Å². The van der Waals surface area contributed by atoms with Crippen molar-refractivity contribution in [1.82, 2.24) is 14.7 Å². The molecule has 0 saturated heterocycles. The van der Waals surface area contributed by atoms with Crippen molar-refractivity contribution in [1.29, 1.82) is 0 Å². The molecule has 1 N–H and O–H groups in total. The van der Waals surface area contributed by atoms with E-state index in [2.05, 4.69) is 43.0 Å². The Morgan fingerprint density at radius 2 is 1.50 bits per heavy atom. The first-order valence-corrected chi connectivity index (χ1v) is 12.3. The summed E-state index contributed by atoms with van der Waals surface area (Å²) >= 11 is 0. The van der Waals surface area contributed by atoms with E-state index in [1.807, 2.05) is 67.7 Å². The smallest absolute Gasteiger partial charge is 0.222 e. The first-order valence-electron chi connectivity index (χ1n) is 12.3. The van der Waals surface area contributed by atoms with Crippen LogP contribution in [0.4, 0.5) is 0 Å². The van der Waals surface area contributed by atoms with Gasteiger partial charge in [-0.25, -0.2) is 4.68 Å². The molecule has 0 aliphatic heterocycles. The molecule has 1 atom stereocenters. The normalized spacial score (nSPS) is 12.2. The van der Waals surface area contributed by atoms with Crippen molar-refractivity contribution < 1.29 is 14.6 Å². The van der Waals surface area contributed by atoms with Crippen molar-refractivity contribution in [3.05, 3.63) is 96.1 Å². The van der Waals surface area contributed by atoms with Gasteiger partial charge in [-0.3, -0.25) is 4.90 Å². The number of aryl methyl sites for hydroxylation is 1. The zero-order valence-electron chi connectivity index (χ0n) is 21.5. The number of benzene rings is 3. The topological polar surface area (TPSA) is 59.8 Å². The number of aromatic nitrogens is 2. The quantitative estimate of drug-likeness (QED) is 0.295. The lowest BCUT2D eigenvalue weighted by Gasteiger charge is -2.29. The van der Waals surface area contributed by atoms with Crippen LogP contribution >= 0.6 is 0 Å². The standard InChI is InChI=1S/C30H35N3O3/c1-22(2)33(20-25(34)19-23-11-7-5-8-12-23)21-28-29(24-13-9-6-10-14-24)31-32(3)30(28)36-27-17-15-26(35-4)16-18-27/h5-18,22,25,34H,19-21H2,1-4H3/t25-/m0/s1. The second kappa shape index (κ2) is 11.9. The molecule has 0 fully saturated rings. The molecule has 4 rings (SSSR count). The first-order chi connectivity index (χ1) is 17.4. The minimum absolute atomic E-state index is 0.216. The monoisotopic (exact) mass is 485 g/mol. The molecule has 6 heteroatoms. The van der Waals surface area contributed by atoms with E-state index in [1.165, 1.54) is 0 Å². The third-order valence-corrected chi connectivity index (χ3v) is 6.26. The van der Waals surface area contributed by atoms with Gasteiger partial charge in [0, 0.05) is 31.7 Å². The first kappa shape index (κ1) is 25.5. The fourth-order valence-corrected chi connectivity index (χ4v) is 4.29. The van der Waals surface area contributed by atoms with Crippen LogP contribution in [-0.4, -0.2) is 45.6 Å². The lowest BCUT2D eigenvalue weighted by molar-refractivity contribution is 0.0904. The maximum atomic E-state index is 10.9. The van der Waals surface area contributed by atoms with Crippen molar-refractivity contribution >= 4 is 0 Å². The van der Waals surface area contributed by atoms with Crippen molar-refractivity contribution in [3.8, 4) is 28.6 Å². The highest BCUT2D eigenvalue weighted by Crippen LogP contribution is 2.35. The number of methoxy groups -OCH3 is 1. The Bertz CT molecular complexity index is 1220. The van der Waals surface area contributed by atoms with E-state index >= 15 is 0 Å². The Kier molecular flexibility index (Phi) is 8.41. The molecule has 0 amide bonds. The van der Waals surface area contributed by atoms with Crippen molar-refractivity contribution in [3.63, 3.8) is 0 Å². The van der Waals surface area contributed by atoms with Crippen LogP contribution in [0.1, 0.15) is 25.0 Å². The fourth-order valence-electron chi connectivity index (χ4n) is 4.29. The number of rotatable bonds is 11. The van der Waals surface area contributed by atoms with Gasteiger partial charge in [0.15, 0.2) is 0 Å². The minimum Gasteiger partial charge on any atom is -0.497 e. The largest absolute Gasteiger partial charge is 0.497 e. The summed E-state index contributed by atoms with van der Waals surface area (Å²) in [7, 11) is 3.55. The number of ether oxygens (including phenoxy) is 2. The van der Waals surface area contributed by atoms with Gasteiger partial charge in [-0.2, -0.15) is 5.10 Å². The van der Waals surface area contributed by atoms with Gasteiger partial charge in [-0.15, -0.1) is 0 Å². The van der Waals surface area contributed by atoms with Crippen LogP contribution in [0.25, 0.3) is 11.3 Å². The van der Waals surface area contributed by atoms with Crippen LogP contribution in [-0.2, 0) is 20.0 Å². The van der Waals surface area contributed by atoms with E-state index in [-0.39, 0.29) is 6.04 Å². The molecule has 3 aromatic carbocycles. The predicted octanol–water partition coefficient (Wildman–Crippen LogP) is 5.70. The Morgan fingerprint density at radius 3 is 2.11 bits per heavy atom. The maximum absolute atomic E-state index is 10.9. The summed E-state index contributed by atoms with van der Waals surface area (Å²) in [5.74, 6) is 2.16. The third-order valence-electron chi connectivity index (χ3n) is 6.26. The van der Waals surface area contributed by atoms with Gasteiger partial charge in [0.1, 0.15) is 17.2 Å². The van der Waals surface area contributed by atoms with Crippen molar-refractivity contribution in [2.24, 2.45) is 7.05 Å². The Balaban J connectivity index is 1.64. The van der Waals surface area contributed by atoms with Crippen LogP contribution in [0.3, 0.4) is 0 Å². The highest BCUT2D eigenvalue weighted by molar-refractivity contribution is 5.65. The van der Waals surface area contributed by atoms with Gasteiger partial charge < -0.3 is 14.6 Å². The molecular weight excluding hydrogens is 450 g/mol. The average molecular weight is 486 g/mol. The van der Waals surface area contributed by atoms with Gasteiger partial charge in [0.2, 0.25) is 5.88 Å². The third kappa shape index (κ3) is 6.33. The molecule has 36 heavy (non-hydrogen) atoms. The van der Waals surface area contributed by atoms with Crippen LogP contribution < -0.4 is 9.47 Å². The minimum atomic E-state index is -0.488. The van der Waals surface area contributed by atoms with Crippen molar-refractivity contribution in [2.75, 3.05) is 13.7 Å². The summed E-state index contributed by atoms with van der Waals surface area (Å²) in [6, 6.07) is 28.0. The number of aliphatic hydroxyl groups excluding tert-OH is 1. The molecule has 0 spiro atoms. The van der Waals surface area contributed by atoms with Crippen LogP contribution in [0, 0.1) is 0 Å². The predicted molar refractivity (Wildman–Crippen MR) is 143 cm³/mol. The number of hydrogen-bond acceptors (Lipinski definition) is 5. The molecule has 0 bridgehead atoms. The molecule has 0 saturated carbocycles. The highest BCUT2D eigenvalue weighted by Gasteiger charge is 2.24. The van der Waals surface area contributed by atoms with Crippen molar-refractivity contribution in [2.45, 2.75) is 39.0 Å². The summed E-state index contributed by atoms with van der Waals surface area (Å²) in [6.45, 7) is 5.43. The van der Waals surface area contributed by atoms with Gasteiger partial charge in [0.05, 0.1) is 18.8 Å². The summed E-state index contributed by atoms with van der Waals surface area (Å²) in [5.41, 5.74) is 4.02. The molecule has 6 nitrogen and oxygen atoms in total. The van der Waals surface area contributed by atoms with Gasteiger partial charge in [0.25, 0.3) is 0 Å². The molecule has 1 aromatic heterocycles. The van der Waals surface area contributed by atoms with Crippen LogP contribution in [0.5, 0.6) is 17.4 Å². The lowest BCUT2D eigenvalue weighted by atomic mass is 10.0. The van der Waals surface area contributed by atoms with E-state index in [9.17, 15) is 5.11 Å². The number of hydrogen-bond donors (Lipinski definition) is 1. The molecule has 4 aromatic rings. The Labute approximate surface area is 213 Å². The maximum Gasteiger partial charge on any atom is 0.222 e. The summed E-state index contributed by atoms with van der Waals surface area (Å²) in [4.78, 5) is 2.28. The van der Waals surface area contributed by atoms with E-state index in [1.54, 1.807) is 11.8 Å². The van der Waals surface area contributed by atoms with Crippen LogP contribution in [0.15, 0.2) is 84.9 Å². The van der Waals surface area contributed by atoms with Crippen LogP contribution in [0.2, 0.25) is 0 Å². The average Bonchev–Trinajstić information content (AvgIpc) is 3.19. The highest BCUT2D eigenvalue weighted by atomic mass is 16.5. The number of aliphatic hydroxyl groups is 1. The van der Waals surface area contributed by atoms with Gasteiger partial charge >= 0.3 is 0 Å².